The number of ether oxygens (including phenoxy) is 3. The van der Waals surface area contributed by atoms with Crippen LogP contribution in [0.2, 0.25) is 0 Å². The van der Waals surface area contributed by atoms with Gasteiger partial charge in [-0.25, -0.2) is 0 Å². The lowest BCUT2D eigenvalue weighted by molar-refractivity contribution is -0.133. The fourth-order valence-electron chi connectivity index (χ4n) is 6.33. The zero-order valence-corrected chi connectivity index (χ0v) is 24.4. The van der Waals surface area contributed by atoms with Crippen molar-refractivity contribution in [1.82, 2.24) is 15.5 Å². The molecule has 0 aliphatic carbocycles. The zero-order chi connectivity index (χ0) is 29.8. The Bertz CT molecular complexity index is 1430. The molecule has 0 spiro atoms. The Kier molecular flexibility index (Phi) is 8.92. The van der Waals surface area contributed by atoms with Gasteiger partial charge in [-0.15, -0.1) is 0 Å². The van der Waals surface area contributed by atoms with Crippen LogP contribution in [0, 0.1) is 0 Å². The molecule has 3 aliphatic rings. The second-order valence-corrected chi connectivity index (χ2v) is 11.6. The first-order valence-electron chi connectivity index (χ1n) is 15.1. The smallest absolute Gasteiger partial charge is 0.255 e. The van der Waals surface area contributed by atoms with E-state index in [4.69, 9.17) is 14.2 Å². The highest BCUT2D eigenvalue weighted by molar-refractivity contribution is 5.98. The second kappa shape index (κ2) is 13.2. The van der Waals surface area contributed by atoms with Crippen molar-refractivity contribution in [3.63, 3.8) is 0 Å². The quantitative estimate of drug-likeness (QED) is 0.430. The number of fused-ring (bicyclic) bond motifs is 5. The van der Waals surface area contributed by atoms with Crippen molar-refractivity contribution in [3.05, 3.63) is 83.9 Å². The molecule has 2 saturated heterocycles. The Morgan fingerprint density at radius 3 is 2.67 bits per heavy atom. The number of aliphatic hydroxyl groups excluding tert-OH is 1. The van der Waals surface area contributed by atoms with E-state index >= 15 is 0 Å². The normalized spacial score (nSPS) is 26.5. The highest BCUT2D eigenvalue weighted by atomic mass is 16.5. The van der Waals surface area contributed by atoms with Gasteiger partial charge in [-0.2, -0.15) is 0 Å². The van der Waals surface area contributed by atoms with E-state index in [9.17, 15) is 14.7 Å². The van der Waals surface area contributed by atoms with Crippen molar-refractivity contribution in [2.75, 3.05) is 26.8 Å². The molecule has 0 aromatic heterocycles. The molecule has 4 bridgehead atoms. The molecule has 43 heavy (non-hydrogen) atoms. The third kappa shape index (κ3) is 6.85. The summed E-state index contributed by atoms with van der Waals surface area (Å²) >= 11 is 0. The van der Waals surface area contributed by atoms with Crippen LogP contribution in [0.4, 0.5) is 0 Å². The molecule has 9 nitrogen and oxygen atoms in total. The number of amides is 2. The summed E-state index contributed by atoms with van der Waals surface area (Å²) in [6, 6.07) is 22.7. The van der Waals surface area contributed by atoms with Crippen LogP contribution in [-0.4, -0.2) is 79.0 Å². The highest BCUT2D eigenvalue weighted by Crippen LogP contribution is 2.30. The van der Waals surface area contributed by atoms with Gasteiger partial charge in [0.15, 0.2) is 0 Å². The Hall–Kier alpha value is -3.92. The molecule has 5 atom stereocenters. The topological polar surface area (TPSA) is 109 Å². The number of nitrogens with one attached hydrogen (secondary N) is 2. The average molecular weight is 586 g/mol. The molecule has 2 amide bonds. The van der Waals surface area contributed by atoms with Gasteiger partial charge in [0.05, 0.1) is 37.5 Å². The lowest BCUT2D eigenvalue weighted by atomic mass is 9.99. The van der Waals surface area contributed by atoms with Gasteiger partial charge in [0.1, 0.15) is 17.6 Å². The van der Waals surface area contributed by atoms with E-state index in [0.29, 0.717) is 56.7 Å². The number of carbonyl (C=O) groups excluding carboxylic acids is 2. The summed E-state index contributed by atoms with van der Waals surface area (Å²) in [5, 5.41) is 16.9. The maximum Gasteiger partial charge on any atom is 0.255 e. The number of methoxy groups -OCH3 is 1. The Morgan fingerprint density at radius 1 is 0.977 bits per heavy atom. The van der Waals surface area contributed by atoms with Gasteiger partial charge in [0, 0.05) is 32.1 Å². The average Bonchev–Trinajstić information content (AvgIpc) is 3.42. The first-order chi connectivity index (χ1) is 21.0. The van der Waals surface area contributed by atoms with E-state index in [1.807, 2.05) is 72.8 Å². The number of carbonyl (C=O) groups is 2. The van der Waals surface area contributed by atoms with Gasteiger partial charge in [-0.1, -0.05) is 48.5 Å². The summed E-state index contributed by atoms with van der Waals surface area (Å²) in [5.74, 6) is 0.892. The van der Waals surface area contributed by atoms with Crippen LogP contribution < -0.4 is 20.1 Å². The third-order valence-electron chi connectivity index (χ3n) is 8.65. The van der Waals surface area contributed by atoms with Crippen molar-refractivity contribution in [3.8, 4) is 22.6 Å². The molecule has 9 heteroatoms. The third-order valence-corrected chi connectivity index (χ3v) is 8.65. The maximum absolute atomic E-state index is 13.7. The monoisotopic (exact) mass is 585 g/mol. The molecule has 3 aromatic carbocycles. The van der Waals surface area contributed by atoms with Crippen LogP contribution in [0.3, 0.4) is 0 Å². The molecular formula is C34H39N3O6. The molecule has 6 rings (SSSR count). The van der Waals surface area contributed by atoms with Crippen molar-refractivity contribution in [1.29, 1.82) is 0 Å². The van der Waals surface area contributed by atoms with E-state index in [1.54, 1.807) is 7.11 Å². The minimum Gasteiger partial charge on any atom is -0.497 e. The van der Waals surface area contributed by atoms with Gasteiger partial charge in [0.25, 0.3) is 5.91 Å². The largest absolute Gasteiger partial charge is 0.497 e. The first-order valence-corrected chi connectivity index (χ1v) is 15.1. The number of hydrogen-bond donors (Lipinski definition) is 3. The van der Waals surface area contributed by atoms with Gasteiger partial charge >= 0.3 is 0 Å². The lowest BCUT2D eigenvalue weighted by Crippen LogP contribution is -2.50. The molecule has 3 N–H and O–H groups in total. The second-order valence-electron chi connectivity index (χ2n) is 11.6. The van der Waals surface area contributed by atoms with Crippen LogP contribution in [0.25, 0.3) is 11.1 Å². The number of benzene rings is 3. The molecule has 0 saturated carbocycles. The molecule has 0 unspecified atom stereocenters. The van der Waals surface area contributed by atoms with E-state index < -0.39 is 18.2 Å². The molecule has 226 valence electrons. The highest BCUT2D eigenvalue weighted by Gasteiger charge is 2.39. The van der Waals surface area contributed by atoms with Crippen LogP contribution in [-0.2, 0) is 16.1 Å². The fourth-order valence-corrected chi connectivity index (χ4v) is 6.33. The summed E-state index contributed by atoms with van der Waals surface area (Å²) in [7, 11) is 1.63. The van der Waals surface area contributed by atoms with E-state index in [0.717, 1.165) is 22.4 Å². The van der Waals surface area contributed by atoms with Crippen molar-refractivity contribution in [2.45, 2.75) is 62.6 Å². The number of hydrogen-bond acceptors (Lipinski definition) is 7. The molecular weight excluding hydrogens is 546 g/mol. The van der Waals surface area contributed by atoms with Crippen molar-refractivity contribution in [2.24, 2.45) is 0 Å². The predicted molar refractivity (Wildman–Crippen MR) is 162 cm³/mol. The summed E-state index contributed by atoms with van der Waals surface area (Å²) in [4.78, 5) is 29.3. The number of nitrogens with zero attached hydrogens (tertiary/aromatic N) is 1. The van der Waals surface area contributed by atoms with E-state index in [1.165, 1.54) is 0 Å². The summed E-state index contributed by atoms with van der Waals surface area (Å²) in [5.41, 5.74) is 3.46. The lowest BCUT2D eigenvalue weighted by Gasteiger charge is -2.34. The van der Waals surface area contributed by atoms with Gasteiger partial charge < -0.3 is 30.0 Å². The van der Waals surface area contributed by atoms with E-state index in [-0.39, 0.29) is 30.5 Å². The molecule has 0 radical (unpaired) electrons. The number of likely N-dealkylation sites (tertiary alicyclic amines) is 1. The Balaban J connectivity index is 1.29. The molecule has 2 fully saturated rings. The van der Waals surface area contributed by atoms with Gasteiger partial charge in [-0.05, 0) is 60.2 Å². The predicted octanol–water partition coefficient (Wildman–Crippen LogP) is 3.54. The van der Waals surface area contributed by atoms with Gasteiger partial charge in [0.2, 0.25) is 5.91 Å². The number of rotatable bonds is 4. The SMILES string of the molecule is COc1cccc(CN2C[C@@H]3C[C@H]2C(=O)NC[C@H]2O[C@H](CCOc4cc(-c5ccccc5)ccc4C(=O)N3)CC[C@@H]2O)c1. The standard InChI is InChI=1S/C34H39N3O6/c1-41-27-9-5-6-22(16-27)20-37-21-25-18-29(37)34(40)35-19-32-30(38)13-11-26(43-32)14-15-42-31-17-24(23-7-3-2-4-8-23)10-12-28(31)33(39)36-25/h2-10,12,16-17,25-26,29-30,32,38H,11,13-15,18-21H2,1H3,(H,35,40)(H,36,39)/t25-,26-,29-,30-,32+/m0/s1. The van der Waals surface area contributed by atoms with Crippen LogP contribution in [0.5, 0.6) is 11.5 Å². The Morgan fingerprint density at radius 2 is 1.84 bits per heavy atom. The van der Waals surface area contributed by atoms with Crippen LogP contribution >= 0.6 is 0 Å². The minimum absolute atomic E-state index is 0.117. The number of aliphatic hydroxyl groups is 1. The molecule has 3 aliphatic heterocycles. The summed E-state index contributed by atoms with van der Waals surface area (Å²) in [6.45, 7) is 1.61. The van der Waals surface area contributed by atoms with Crippen LogP contribution in [0.15, 0.2) is 72.8 Å². The minimum atomic E-state index is -0.644. The molecule has 3 aromatic rings. The fraction of sp³-hybridized carbons (Fsp3) is 0.412. The molecule has 3 heterocycles. The van der Waals surface area contributed by atoms with Crippen LogP contribution in [0.1, 0.15) is 41.6 Å². The first kappa shape index (κ1) is 29.2. The van der Waals surface area contributed by atoms with Crippen molar-refractivity contribution >= 4 is 11.8 Å². The Labute approximate surface area is 252 Å². The summed E-state index contributed by atoms with van der Waals surface area (Å²) < 4.78 is 17.9. The summed E-state index contributed by atoms with van der Waals surface area (Å²) in [6.07, 6.45) is 1.10. The van der Waals surface area contributed by atoms with Crippen molar-refractivity contribution < 1.29 is 28.9 Å². The van der Waals surface area contributed by atoms with E-state index in [2.05, 4.69) is 15.5 Å². The maximum atomic E-state index is 13.7. The van der Waals surface area contributed by atoms with Gasteiger partial charge in [-0.3, -0.25) is 14.5 Å². The zero-order valence-electron chi connectivity index (χ0n) is 24.4.